The van der Waals surface area contributed by atoms with Gasteiger partial charge in [-0.1, -0.05) is 59.3 Å². The van der Waals surface area contributed by atoms with Crippen LogP contribution in [0.3, 0.4) is 0 Å². The Labute approximate surface area is 111 Å². The SMILES string of the molecule is CCCCC(CCCC)(CCCC)OP(=O)(O)O. The van der Waals surface area contributed by atoms with E-state index in [0.29, 0.717) is 0 Å². The molecule has 0 aromatic rings. The van der Waals surface area contributed by atoms with E-state index < -0.39 is 13.4 Å². The van der Waals surface area contributed by atoms with Crippen molar-refractivity contribution in [3.8, 4) is 0 Å². The minimum absolute atomic E-state index is 0.624. The van der Waals surface area contributed by atoms with E-state index in [4.69, 9.17) is 14.3 Å². The zero-order chi connectivity index (χ0) is 14.1. The molecule has 0 unspecified atom stereocenters. The molecule has 0 aromatic carbocycles. The molecule has 0 atom stereocenters. The number of hydrogen-bond acceptors (Lipinski definition) is 2. The lowest BCUT2D eigenvalue weighted by atomic mass is 9.86. The second-order valence-corrected chi connectivity index (χ2v) is 6.24. The van der Waals surface area contributed by atoms with Gasteiger partial charge in [0.2, 0.25) is 0 Å². The summed E-state index contributed by atoms with van der Waals surface area (Å²) in [5.41, 5.74) is -0.624. The molecular formula is C13H29O4P. The summed E-state index contributed by atoms with van der Waals surface area (Å²) >= 11 is 0. The molecule has 5 heteroatoms. The summed E-state index contributed by atoms with van der Waals surface area (Å²) in [6.07, 6.45) is 8.14. The molecule has 0 saturated carbocycles. The predicted octanol–water partition coefficient (Wildman–Crippen LogP) is 4.41. The molecule has 0 heterocycles. The van der Waals surface area contributed by atoms with E-state index >= 15 is 0 Å². The molecule has 0 amide bonds. The van der Waals surface area contributed by atoms with Gasteiger partial charge < -0.3 is 9.79 Å². The first-order chi connectivity index (χ1) is 8.39. The van der Waals surface area contributed by atoms with Crippen LogP contribution in [0.4, 0.5) is 0 Å². The second kappa shape index (κ2) is 9.08. The lowest BCUT2D eigenvalue weighted by molar-refractivity contribution is 0.00641. The maximum Gasteiger partial charge on any atom is 0.470 e. The van der Waals surface area contributed by atoms with Crippen molar-refractivity contribution < 1.29 is 18.9 Å². The number of hydrogen-bond donors (Lipinski definition) is 2. The molecule has 0 rings (SSSR count). The minimum atomic E-state index is -4.41. The van der Waals surface area contributed by atoms with Crippen LogP contribution in [0.2, 0.25) is 0 Å². The van der Waals surface area contributed by atoms with Crippen LogP contribution < -0.4 is 0 Å². The highest BCUT2D eigenvalue weighted by molar-refractivity contribution is 7.46. The Hall–Kier alpha value is 0.110. The number of phosphoric acid groups is 1. The van der Waals surface area contributed by atoms with Gasteiger partial charge in [-0.15, -0.1) is 0 Å². The topological polar surface area (TPSA) is 66.8 Å². The van der Waals surface area contributed by atoms with Gasteiger partial charge in [-0.05, 0) is 19.3 Å². The fourth-order valence-corrected chi connectivity index (χ4v) is 3.04. The van der Waals surface area contributed by atoms with E-state index in [1.54, 1.807) is 0 Å². The highest BCUT2D eigenvalue weighted by atomic mass is 31.2. The van der Waals surface area contributed by atoms with Crippen molar-refractivity contribution in [1.82, 2.24) is 0 Å². The van der Waals surface area contributed by atoms with Crippen LogP contribution in [0.5, 0.6) is 0 Å². The second-order valence-electron chi connectivity index (χ2n) is 5.08. The summed E-state index contributed by atoms with van der Waals surface area (Å²) in [5, 5.41) is 0. The number of rotatable bonds is 11. The maximum absolute atomic E-state index is 11.2. The summed E-state index contributed by atoms with van der Waals surface area (Å²) < 4.78 is 16.4. The van der Waals surface area contributed by atoms with Gasteiger partial charge in [-0.3, -0.25) is 4.52 Å². The average Bonchev–Trinajstić information content (AvgIpc) is 2.29. The molecule has 0 aliphatic rings. The van der Waals surface area contributed by atoms with Gasteiger partial charge in [-0.2, -0.15) is 0 Å². The summed E-state index contributed by atoms with van der Waals surface area (Å²) in [7, 11) is -4.41. The van der Waals surface area contributed by atoms with Crippen LogP contribution in [0, 0.1) is 0 Å². The van der Waals surface area contributed by atoms with Gasteiger partial charge in [0.05, 0.1) is 5.60 Å². The normalized spacial score (nSPS) is 12.9. The molecule has 0 bridgehead atoms. The standard InChI is InChI=1S/C13H29O4P/c1-4-7-10-13(11-8-5-2,12-9-6-3)17-18(14,15)16/h4-12H2,1-3H3,(H2,14,15,16). The van der Waals surface area contributed by atoms with Gasteiger partial charge >= 0.3 is 7.82 Å². The fourth-order valence-electron chi connectivity index (χ4n) is 2.26. The molecule has 0 aliphatic heterocycles. The van der Waals surface area contributed by atoms with Crippen LogP contribution in [0.15, 0.2) is 0 Å². The molecule has 0 aromatic heterocycles. The summed E-state index contributed by atoms with van der Waals surface area (Å²) in [5.74, 6) is 0. The van der Waals surface area contributed by atoms with Crippen molar-refractivity contribution >= 4 is 7.82 Å². The van der Waals surface area contributed by atoms with Crippen LogP contribution >= 0.6 is 7.82 Å². The molecular weight excluding hydrogens is 251 g/mol. The van der Waals surface area contributed by atoms with Crippen molar-refractivity contribution in [1.29, 1.82) is 0 Å². The Morgan fingerprint density at radius 1 is 0.889 bits per heavy atom. The molecule has 2 N–H and O–H groups in total. The van der Waals surface area contributed by atoms with E-state index in [-0.39, 0.29) is 0 Å². The van der Waals surface area contributed by atoms with Gasteiger partial charge in [0, 0.05) is 0 Å². The molecule has 18 heavy (non-hydrogen) atoms. The van der Waals surface area contributed by atoms with Gasteiger partial charge in [-0.25, -0.2) is 4.57 Å². The first-order valence-corrected chi connectivity index (χ1v) is 8.68. The van der Waals surface area contributed by atoms with Gasteiger partial charge in [0.25, 0.3) is 0 Å². The molecule has 110 valence electrons. The molecule has 0 saturated heterocycles. The van der Waals surface area contributed by atoms with Crippen LogP contribution in [0.25, 0.3) is 0 Å². The average molecular weight is 280 g/mol. The molecule has 0 aliphatic carbocycles. The Morgan fingerprint density at radius 2 is 1.22 bits per heavy atom. The lowest BCUT2D eigenvalue weighted by Crippen LogP contribution is -2.31. The zero-order valence-electron chi connectivity index (χ0n) is 12.0. The van der Waals surface area contributed by atoms with E-state index in [2.05, 4.69) is 20.8 Å². The molecule has 0 radical (unpaired) electrons. The third-order valence-corrected chi connectivity index (χ3v) is 3.90. The largest absolute Gasteiger partial charge is 0.470 e. The van der Waals surface area contributed by atoms with Gasteiger partial charge in [0.1, 0.15) is 0 Å². The van der Waals surface area contributed by atoms with Crippen molar-refractivity contribution in [2.24, 2.45) is 0 Å². The zero-order valence-corrected chi connectivity index (χ0v) is 12.9. The Balaban J connectivity index is 4.78. The Morgan fingerprint density at radius 3 is 1.44 bits per heavy atom. The summed E-state index contributed by atoms with van der Waals surface area (Å²) in [6, 6.07) is 0. The van der Waals surface area contributed by atoms with Crippen molar-refractivity contribution in [3.63, 3.8) is 0 Å². The van der Waals surface area contributed by atoms with E-state index in [9.17, 15) is 4.57 Å². The monoisotopic (exact) mass is 280 g/mol. The van der Waals surface area contributed by atoms with E-state index in [0.717, 1.165) is 57.8 Å². The number of unbranched alkanes of at least 4 members (excludes halogenated alkanes) is 3. The van der Waals surface area contributed by atoms with Crippen LogP contribution in [-0.2, 0) is 9.09 Å². The molecule has 4 nitrogen and oxygen atoms in total. The first-order valence-electron chi connectivity index (χ1n) is 7.15. The van der Waals surface area contributed by atoms with Crippen molar-refractivity contribution in [2.75, 3.05) is 0 Å². The molecule has 0 spiro atoms. The smallest absolute Gasteiger partial charge is 0.303 e. The van der Waals surface area contributed by atoms with Crippen LogP contribution in [-0.4, -0.2) is 15.4 Å². The van der Waals surface area contributed by atoms with Crippen molar-refractivity contribution in [3.05, 3.63) is 0 Å². The highest BCUT2D eigenvalue weighted by Crippen LogP contribution is 2.47. The first kappa shape index (κ1) is 18.1. The van der Waals surface area contributed by atoms with Crippen LogP contribution in [0.1, 0.15) is 78.6 Å². The fraction of sp³-hybridized carbons (Fsp3) is 1.00. The highest BCUT2D eigenvalue weighted by Gasteiger charge is 2.36. The van der Waals surface area contributed by atoms with Crippen molar-refractivity contribution in [2.45, 2.75) is 84.2 Å². The third-order valence-electron chi connectivity index (χ3n) is 3.27. The third kappa shape index (κ3) is 8.25. The molecule has 0 fully saturated rings. The predicted molar refractivity (Wildman–Crippen MR) is 74.4 cm³/mol. The quantitative estimate of drug-likeness (QED) is 0.550. The Kier molecular flexibility index (Phi) is 9.14. The van der Waals surface area contributed by atoms with Gasteiger partial charge in [0.15, 0.2) is 0 Å². The maximum atomic E-state index is 11.2. The lowest BCUT2D eigenvalue weighted by Gasteiger charge is -2.34. The Bertz CT molecular complexity index is 228. The van der Waals surface area contributed by atoms with E-state index in [1.807, 2.05) is 0 Å². The summed E-state index contributed by atoms with van der Waals surface area (Å²) in [4.78, 5) is 18.3. The number of phosphoric ester groups is 1. The van der Waals surface area contributed by atoms with E-state index in [1.165, 1.54) is 0 Å². The minimum Gasteiger partial charge on any atom is -0.303 e. The summed E-state index contributed by atoms with van der Waals surface area (Å²) in [6.45, 7) is 6.26.